The van der Waals surface area contributed by atoms with Crippen molar-refractivity contribution in [2.24, 2.45) is 16.8 Å². The second kappa shape index (κ2) is 10.4. The molecule has 1 fully saturated rings. The summed E-state index contributed by atoms with van der Waals surface area (Å²) in [5, 5.41) is 9.29. The van der Waals surface area contributed by atoms with Gasteiger partial charge >= 0.3 is 0 Å². The molecule has 36 heavy (non-hydrogen) atoms. The third-order valence-electron chi connectivity index (χ3n) is 8.32. The summed E-state index contributed by atoms with van der Waals surface area (Å²) in [5.74, 6) is 2.99. The zero-order valence-corrected chi connectivity index (χ0v) is 21.9. The van der Waals surface area contributed by atoms with Crippen LogP contribution < -0.4 is 5.73 Å². The summed E-state index contributed by atoms with van der Waals surface area (Å²) in [6.07, 6.45) is 21.4. The number of hydrogen-bond acceptors (Lipinski definition) is 6. The van der Waals surface area contributed by atoms with Gasteiger partial charge in [-0.15, -0.1) is 0 Å². The lowest BCUT2D eigenvalue weighted by atomic mass is 9.85. The van der Waals surface area contributed by atoms with Crippen molar-refractivity contribution >= 4 is 28.4 Å². The number of nitrogens with one attached hydrogen (secondary N) is 1. The minimum atomic E-state index is 0.386. The lowest BCUT2D eigenvalue weighted by Crippen LogP contribution is -2.30. The normalized spacial score (nSPS) is 24.0. The summed E-state index contributed by atoms with van der Waals surface area (Å²) >= 11 is 0. The molecule has 5 rings (SSSR count). The lowest BCUT2D eigenvalue weighted by Gasteiger charge is -2.30. The van der Waals surface area contributed by atoms with E-state index in [0.29, 0.717) is 29.4 Å². The molecule has 0 amide bonds. The van der Waals surface area contributed by atoms with Gasteiger partial charge in [0.05, 0.1) is 11.1 Å². The number of nitrogens with two attached hydrogens (primary N) is 1. The van der Waals surface area contributed by atoms with Crippen molar-refractivity contribution in [2.75, 3.05) is 19.3 Å². The molecule has 190 valence electrons. The highest BCUT2D eigenvalue weighted by atomic mass is 15.2. The van der Waals surface area contributed by atoms with Gasteiger partial charge in [-0.05, 0) is 76.9 Å². The van der Waals surface area contributed by atoms with Gasteiger partial charge in [-0.25, -0.2) is 15.0 Å². The molecule has 3 N–H and O–H groups in total. The molecule has 2 aromatic rings. The minimum Gasteiger partial charge on any atom is -0.383 e. The number of allylic oxidation sites excluding steroid dienone is 6. The Morgan fingerprint density at radius 1 is 1.28 bits per heavy atom. The van der Waals surface area contributed by atoms with Crippen LogP contribution in [0.25, 0.3) is 11.0 Å². The standard InChI is InChI=1S/C29H39N7/c1-4-6-24(30)23-17-36(29-27(23)28(31)32-18-33-29)22-13-10-19(15-22)7-8-20-9-11-21-12-14-26(35(3)5-2)34-25(21)16-20/h4,6,9,16-19,21-22,30H,5,7-8,10-15H2,1-3H3,(H2,31,32,33)/b6-4-,30-24?. The van der Waals surface area contributed by atoms with Crippen molar-refractivity contribution in [1.82, 2.24) is 19.4 Å². The van der Waals surface area contributed by atoms with E-state index in [1.807, 2.05) is 13.0 Å². The van der Waals surface area contributed by atoms with Gasteiger partial charge in [-0.2, -0.15) is 0 Å². The number of fused-ring (bicyclic) bond motifs is 2. The number of amidine groups is 1. The average molecular weight is 486 g/mol. The van der Waals surface area contributed by atoms with E-state index in [0.717, 1.165) is 55.2 Å². The first-order valence-corrected chi connectivity index (χ1v) is 13.5. The van der Waals surface area contributed by atoms with Crippen LogP contribution in [0.4, 0.5) is 5.82 Å². The van der Waals surface area contributed by atoms with Crippen molar-refractivity contribution in [2.45, 2.75) is 71.3 Å². The van der Waals surface area contributed by atoms with Gasteiger partial charge in [-0.3, -0.25) is 0 Å². The number of hydrogen-bond donors (Lipinski definition) is 2. The average Bonchev–Trinajstić information content (AvgIpc) is 3.52. The second-order valence-electron chi connectivity index (χ2n) is 10.6. The van der Waals surface area contributed by atoms with Gasteiger partial charge in [0, 0.05) is 49.4 Å². The quantitative estimate of drug-likeness (QED) is 0.466. The molecule has 0 bridgehead atoms. The van der Waals surface area contributed by atoms with E-state index in [4.69, 9.17) is 16.1 Å². The summed E-state index contributed by atoms with van der Waals surface area (Å²) in [7, 11) is 2.15. The van der Waals surface area contributed by atoms with Crippen molar-refractivity contribution < 1.29 is 0 Å². The molecule has 1 saturated carbocycles. The SMILES string of the molecule is C/C=C\C(=N)c1cn(C2CCC(CCC3=CCC4CCC(N(C)CC)=NC4=C3)C2)c2ncnc(N)c12. The zero-order chi connectivity index (χ0) is 25.2. The molecule has 0 radical (unpaired) electrons. The molecule has 0 saturated heterocycles. The maximum atomic E-state index is 8.49. The van der Waals surface area contributed by atoms with E-state index in [1.165, 1.54) is 42.7 Å². The molecule has 2 aromatic heterocycles. The number of aromatic nitrogens is 3. The largest absolute Gasteiger partial charge is 0.383 e. The predicted molar refractivity (Wildman–Crippen MR) is 148 cm³/mol. The van der Waals surface area contributed by atoms with Crippen molar-refractivity contribution in [3.63, 3.8) is 0 Å². The number of aliphatic imine (C=N–C) groups is 1. The molecule has 7 heteroatoms. The van der Waals surface area contributed by atoms with Gasteiger partial charge in [-0.1, -0.05) is 17.7 Å². The third kappa shape index (κ3) is 4.75. The topological polar surface area (TPSA) is 96.2 Å². The minimum absolute atomic E-state index is 0.386. The first-order chi connectivity index (χ1) is 17.5. The maximum Gasteiger partial charge on any atom is 0.146 e. The molecule has 7 nitrogen and oxygen atoms in total. The molecule has 3 atom stereocenters. The zero-order valence-electron chi connectivity index (χ0n) is 21.9. The molecular weight excluding hydrogens is 446 g/mol. The van der Waals surface area contributed by atoms with Crippen LogP contribution in [-0.2, 0) is 0 Å². The van der Waals surface area contributed by atoms with Crippen LogP contribution in [0.2, 0.25) is 0 Å². The first-order valence-electron chi connectivity index (χ1n) is 13.5. The second-order valence-corrected chi connectivity index (χ2v) is 10.6. The van der Waals surface area contributed by atoms with E-state index in [-0.39, 0.29) is 0 Å². The molecule has 0 spiro atoms. The summed E-state index contributed by atoms with van der Waals surface area (Å²) in [6.45, 7) is 5.13. The van der Waals surface area contributed by atoms with E-state index < -0.39 is 0 Å². The van der Waals surface area contributed by atoms with Crippen molar-refractivity contribution in [3.8, 4) is 0 Å². The highest BCUT2D eigenvalue weighted by Crippen LogP contribution is 2.41. The van der Waals surface area contributed by atoms with E-state index in [1.54, 1.807) is 6.08 Å². The Hall–Kier alpha value is -3.22. The first kappa shape index (κ1) is 24.5. The van der Waals surface area contributed by atoms with Gasteiger partial charge < -0.3 is 20.6 Å². The van der Waals surface area contributed by atoms with Crippen LogP contribution in [0.5, 0.6) is 0 Å². The summed E-state index contributed by atoms with van der Waals surface area (Å²) in [6, 6.07) is 0.386. The number of nitrogens with zero attached hydrogens (tertiary/aromatic N) is 5. The number of rotatable bonds is 7. The Labute approximate surface area is 214 Å². The fourth-order valence-corrected chi connectivity index (χ4v) is 6.09. The van der Waals surface area contributed by atoms with Crippen molar-refractivity contribution in [1.29, 1.82) is 5.41 Å². The molecule has 2 aliphatic carbocycles. The van der Waals surface area contributed by atoms with Crippen LogP contribution in [0.3, 0.4) is 0 Å². The lowest BCUT2D eigenvalue weighted by molar-refractivity contribution is 0.457. The highest BCUT2D eigenvalue weighted by molar-refractivity contribution is 6.16. The summed E-state index contributed by atoms with van der Waals surface area (Å²) in [4.78, 5) is 16.1. The fraction of sp³-hybridized carbons (Fsp3) is 0.517. The summed E-state index contributed by atoms with van der Waals surface area (Å²) in [5.41, 5.74) is 11.1. The Kier molecular flexibility index (Phi) is 7.08. The molecular formula is C29H39N7. The monoisotopic (exact) mass is 485 g/mol. The smallest absolute Gasteiger partial charge is 0.146 e. The Morgan fingerprint density at radius 2 is 2.14 bits per heavy atom. The fourth-order valence-electron chi connectivity index (χ4n) is 6.09. The van der Waals surface area contributed by atoms with Crippen LogP contribution >= 0.6 is 0 Å². The molecule has 3 heterocycles. The molecule has 1 aliphatic heterocycles. The van der Waals surface area contributed by atoms with Gasteiger partial charge in [0.2, 0.25) is 0 Å². The van der Waals surface area contributed by atoms with E-state index in [9.17, 15) is 0 Å². The molecule has 3 aliphatic rings. The Balaban J connectivity index is 1.27. The maximum absolute atomic E-state index is 8.49. The van der Waals surface area contributed by atoms with Gasteiger partial charge in [0.15, 0.2) is 0 Å². The Morgan fingerprint density at radius 3 is 2.94 bits per heavy atom. The van der Waals surface area contributed by atoms with E-state index >= 15 is 0 Å². The van der Waals surface area contributed by atoms with Gasteiger partial charge in [0.25, 0.3) is 0 Å². The van der Waals surface area contributed by atoms with Gasteiger partial charge in [0.1, 0.15) is 23.6 Å². The van der Waals surface area contributed by atoms with Crippen molar-refractivity contribution in [3.05, 3.63) is 53.7 Å². The number of anilines is 1. The highest BCUT2D eigenvalue weighted by Gasteiger charge is 2.29. The van der Waals surface area contributed by atoms with Crippen LogP contribution in [-0.4, -0.2) is 44.6 Å². The molecule has 0 aromatic carbocycles. The van der Waals surface area contributed by atoms with Crippen LogP contribution in [0.1, 0.15) is 76.8 Å². The predicted octanol–water partition coefficient (Wildman–Crippen LogP) is 6.05. The summed E-state index contributed by atoms with van der Waals surface area (Å²) < 4.78 is 2.26. The number of nitrogen functional groups attached to an aromatic ring is 1. The molecule has 3 unspecified atom stereocenters. The third-order valence-corrected chi connectivity index (χ3v) is 8.32. The Bertz CT molecular complexity index is 1260. The van der Waals surface area contributed by atoms with Crippen LogP contribution in [0, 0.1) is 17.2 Å². The van der Waals surface area contributed by atoms with Crippen LogP contribution in [0.15, 0.2) is 53.1 Å². The van der Waals surface area contributed by atoms with E-state index in [2.05, 4.69) is 51.8 Å².